The summed E-state index contributed by atoms with van der Waals surface area (Å²) in [5, 5.41) is 0.918. The van der Waals surface area contributed by atoms with Gasteiger partial charge in [-0.15, -0.1) is 0 Å². The van der Waals surface area contributed by atoms with Crippen LogP contribution in [0.4, 0.5) is 5.69 Å². The second-order valence-electron chi connectivity index (χ2n) is 2.81. The molecule has 0 aromatic heterocycles. The van der Waals surface area contributed by atoms with E-state index in [0.717, 1.165) is 28.6 Å². The van der Waals surface area contributed by atoms with Gasteiger partial charge in [-0.25, -0.2) is 0 Å². The zero-order valence-electron chi connectivity index (χ0n) is 7.60. The molecule has 1 aromatic rings. The minimum Gasteiger partial charge on any atom is -0.398 e. The Balaban J connectivity index is 2.81. The molecule has 0 saturated carbocycles. The van der Waals surface area contributed by atoms with Gasteiger partial charge in [0.2, 0.25) is 0 Å². The molecule has 0 unspecified atom stereocenters. The van der Waals surface area contributed by atoms with Crippen LogP contribution in [0.1, 0.15) is 17.5 Å². The van der Waals surface area contributed by atoms with Gasteiger partial charge in [0, 0.05) is 23.0 Å². The van der Waals surface area contributed by atoms with Gasteiger partial charge in [0.15, 0.2) is 0 Å². The molecule has 0 radical (unpaired) electrons. The summed E-state index contributed by atoms with van der Waals surface area (Å²) in [6.07, 6.45) is 0.869. The number of rotatable bonds is 1. The number of hydrogen-bond donors (Lipinski definition) is 1. The van der Waals surface area contributed by atoms with Crippen molar-refractivity contribution in [3.05, 3.63) is 29.3 Å². The lowest BCUT2D eigenvalue weighted by Crippen LogP contribution is -1.89. The molecule has 68 valence electrons. The van der Waals surface area contributed by atoms with Crippen LogP contribution in [0.3, 0.4) is 0 Å². The fraction of sp³-hybridized carbons (Fsp3) is 0.273. The Bertz CT molecular complexity index is 347. The summed E-state index contributed by atoms with van der Waals surface area (Å²) in [5.41, 5.74) is 8.65. The Morgan fingerprint density at radius 2 is 2.23 bits per heavy atom. The summed E-state index contributed by atoms with van der Waals surface area (Å²) in [4.78, 5) is 0. The number of alkyl halides is 1. The number of benzene rings is 1. The predicted octanol–water partition coefficient (Wildman–Crippen LogP) is 2.71. The van der Waals surface area contributed by atoms with Crippen LogP contribution in [0.15, 0.2) is 18.2 Å². The number of nitrogen functional groups attached to an aromatic ring is 1. The Kier molecular flexibility index (Phi) is 3.85. The molecule has 2 N–H and O–H groups in total. The summed E-state index contributed by atoms with van der Waals surface area (Å²) in [6.45, 7) is 1.99. The van der Waals surface area contributed by atoms with Gasteiger partial charge >= 0.3 is 0 Å². The molecule has 0 amide bonds. The average molecular weight is 238 g/mol. The highest BCUT2D eigenvalue weighted by Crippen LogP contribution is 2.11. The molecule has 0 aliphatic rings. The first kappa shape index (κ1) is 10.1. The van der Waals surface area contributed by atoms with E-state index in [-0.39, 0.29) is 0 Å². The van der Waals surface area contributed by atoms with Crippen LogP contribution in [-0.4, -0.2) is 5.33 Å². The first-order chi connectivity index (χ1) is 6.24. The molecule has 0 heterocycles. The first-order valence-electron chi connectivity index (χ1n) is 4.15. The van der Waals surface area contributed by atoms with Crippen molar-refractivity contribution in [3.8, 4) is 11.8 Å². The molecule has 0 saturated heterocycles. The van der Waals surface area contributed by atoms with E-state index in [1.54, 1.807) is 0 Å². The molecule has 0 spiro atoms. The summed E-state index contributed by atoms with van der Waals surface area (Å²) < 4.78 is 0. The third-order valence-corrected chi connectivity index (χ3v) is 2.13. The van der Waals surface area contributed by atoms with Gasteiger partial charge in [-0.2, -0.15) is 0 Å². The van der Waals surface area contributed by atoms with Crippen LogP contribution in [0.5, 0.6) is 0 Å². The van der Waals surface area contributed by atoms with Crippen molar-refractivity contribution in [2.45, 2.75) is 13.3 Å². The van der Waals surface area contributed by atoms with Crippen molar-refractivity contribution in [2.75, 3.05) is 11.1 Å². The number of nitrogens with two attached hydrogens (primary N) is 1. The zero-order valence-corrected chi connectivity index (χ0v) is 9.19. The average Bonchev–Trinajstić information content (AvgIpc) is 2.12. The minimum atomic E-state index is 0.811. The largest absolute Gasteiger partial charge is 0.398 e. The highest BCUT2D eigenvalue weighted by Gasteiger charge is 1.92. The standard InChI is InChI=1S/C11H12BrN/c1-9-5-6-10(8-11(9)13)4-2-3-7-12/h5-6,8H,3,7,13H2,1H3. The SMILES string of the molecule is Cc1ccc(C#CCCBr)cc1N. The molecule has 13 heavy (non-hydrogen) atoms. The van der Waals surface area contributed by atoms with E-state index in [4.69, 9.17) is 5.73 Å². The van der Waals surface area contributed by atoms with E-state index < -0.39 is 0 Å². The number of halogens is 1. The molecule has 2 heteroatoms. The third-order valence-electron chi connectivity index (χ3n) is 1.73. The fourth-order valence-corrected chi connectivity index (χ4v) is 1.13. The predicted molar refractivity (Wildman–Crippen MR) is 60.9 cm³/mol. The Morgan fingerprint density at radius 1 is 1.46 bits per heavy atom. The Hall–Kier alpha value is -0.940. The number of aryl methyl sites for hydroxylation is 1. The summed E-state index contributed by atoms with van der Waals surface area (Å²) in [5.74, 6) is 6.10. The molecular weight excluding hydrogens is 226 g/mol. The quantitative estimate of drug-likeness (QED) is 0.454. The van der Waals surface area contributed by atoms with Crippen molar-refractivity contribution in [3.63, 3.8) is 0 Å². The van der Waals surface area contributed by atoms with Gasteiger partial charge in [0.05, 0.1) is 0 Å². The van der Waals surface area contributed by atoms with Crippen molar-refractivity contribution in [2.24, 2.45) is 0 Å². The van der Waals surface area contributed by atoms with Crippen molar-refractivity contribution < 1.29 is 0 Å². The summed E-state index contributed by atoms with van der Waals surface area (Å²) >= 11 is 3.32. The smallest absolute Gasteiger partial charge is 0.0356 e. The minimum absolute atomic E-state index is 0.811. The highest BCUT2D eigenvalue weighted by atomic mass is 79.9. The Labute approximate surface area is 87.5 Å². The second-order valence-corrected chi connectivity index (χ2v) is 3.61. The third kappa shape index (κ3) is 3.12. The first-order valence-corrected chi connectivity index (χ1v) is 5.27. The van der Waals surface area contributed by atoms with Crippen molar-refractivity contribution >= 4 is 21.6 Å². The monoisotopic (exact) mass is 237 g/mol. The molecule has 0 bridgehead atoms. The van der Waals surface area contributed by atoms with E-state index in [0.29, 0.717) is 0 Å². The maximum atomic E-state index is 5.75. The normalized spacial score (nSPS) is 9.08. The van der Waals surface area contributed by atoms with E-state index >= 15 is 0 Å². The lowest BCUT2D eigenvalue weighted by molar-refractivity contribution is 1.32. The second kappa shape index (κ2) is 4.94. The van der Waals surface area contributed by atoms with Crippen LogP contribution < -0.4 is 5.73 Å². The maximum Gasteiger partial charge on any atom is 0.0356 e. The molecule has 1 aromatic carbocycles. The van der Waals surface area contributed by atoms with Gasteiger partial charge in [-0.3, -0.25) is 0 Å². The molecule has 0 aliphatic carbocycles. The molecule has 0 atom stereocenters. The van der Waals surface area contributed by atoms with E-state index in [9.17, 15) is 0 Å². The van der Waals surface area contributed by atoms with Crippen LogP contribution >= 0.6 is 15.9 Å². The summed E-state index contributed by atoms with van der Waals surface area (Å²) in [7, 11) is 0. The van der Waals surface area contributed by atoms with Gasteiger partial charge in [0.25, 0.3) is 0 Å². The summed E-state index contributed by atoms with van der Waals surface area (Å²) in [6, 6.07) is 5.90. The van der Waals surface area contributed by atoms with Crippen LogP contribution in [0.2, 0.25) is 0 Å². The Morgan fingerprint density at radius 3 is 2.85 bits per heavy atom. The maximum absolute atomic E-state index is 5.75. The van der Waals surface area contributed by atoms with E-state index in [2.05, 4.69) is 27.8 Å². The highest BCUT2D eigenvalue weighted by molar-refractivity contribution is 9.09. The van der Waals surface area contributed by atoms with Crippen molar-refractivity contribution in [1.29, 1.82) is 0 Å². The fourth-order valence-electron chi connectivity index (χ4n) is 0.930. The lowest BCUT2D eigenvalue weighted by atomic mass is 10.1. The lowest BCUT2D eigenvalue weighted by Gasteiger charge is -1.98. The van der Waals surface area contributed by atoms with E-state index in [1.165, 1.54) is 0 Å². The molecule has 1 rings (SSSR count). The van der Waals surface area contributed by atoms with Gasteiger partial charge in [-0.05, 0) is 24.6 Å². The zero-order chi connectivity index (χ0) is 9.68. The number of anilines is 1. The van der Waals surface area contributed by atoms with Crippen LogP contribution in [0.25, 0.3) is 0 Å². The molecule has 1 nitrogen and oxygen atoms in total. The van der Waals surface area contributed by atoms with Crippen LogP contribution in [-0.2, 0) is 0 Å². The van der Waals surface area contributed by atoms with Gasteiger partial charge < -0.3 is 5.73 Å². The molecular formula is C11H12BrN. The number of hydrogen-bond acceptors (Lipinski definition) is 1. The van der Waals surface area contributed by atoms with E-state index in [1.807, 2.05) is 25.1 Å². The van der Waals surface area contributed by atoms with Gasteiger partial charge in [0.1, 0.15) is 0 Å². The molecule has 0 aliphatic heterocycles. The topological polar surface area (TPSA) is 26.0 Å². The van der Waals surface area contributed by atoms with Gasteiger partial charge in [-0.1, -0.05) is 33.8 Å². The van der Waals surface area contributed by atoms with Crippen LogP contribution in [0, 0.1) is 18.8 Å². The van der Waals surface area contributed by atoms with Crippen molar-refractivity contribution in [1.82, 2.24) is 0 Å². The molecule has 0 fully saturated rings.